The van der Waals surface area contributed by atoms with Gasteiger partial charge in [-0.15, -0.1) is 0 Å². The van der Waals surface area contributed by atoms with Crippen LogP contribution in [0.25, 0.3) is 0 Å². The van der Waals surface area contributed by atoms with E-state index in [0.29, 0.717) is 11.3 Å². The van der Waals surface area contributed by atoms with Crippen molar-refractivity contribution >= 4 is 45.4 Å². The lowest BCUT2D eigenvalue weighted by Gasteiger charge is -2.24. The first kappa shape index (κ1) is 26.7. The van der Waals surface area contributed by atoms with Gasteiger partial charge in [0.15, 0.2) is 6.61 Å². The molecular weight excluding hydrogens is 506 g/mol. The Hall–Kier alpha value is -3.89. The minimum absolute atomic E-state index is 0.0267. The first-order chi connectivity index (χ1) is 17.2. The van der Waals surface area contributed by atoms with E-state index in [1.54, 1.807) is 54.6 Å². The third kappa shape index (κ3) is 7.06. The van der Waals surface area contributed by atoms with Crippen molar-refractivity contribution in [2.24, 2.45) is 5.10 Å². The number of esters is 1. The third-order valence-electron chi connectivity index (χ3n) is 4.88. The van der Waals surface area contributed by atoms with Crippen molar-refractivity contribution in [3.63, 3.8) is 0 Å². The van der Waals surface area contributed by atoms with E-state index >= 15 is 0 Å². The van der Waals surface area contributed by atoms with E-state index in [1.807, 2.05) is 6.92 Å². The van der Waals surface area contributed by atoms with E-state index in [2.05, 4.69) is 15.3 Å². The quantitative estimate of drug-likeness (QED) is 0.244. The van der Waals surface area contributed by atoms with Gasteiger partial charge in [-0.3, -0.25) is 9.10 Å². The van der Waals surface area contributed by atoms with E-state index in [9.17, 15) is 18.0 Å². The number of nitrogens with zero attached hydrogens (tertiary/aromatic N) is 2. The zero-order chi connectivity index (χ0) is 26.1. The fourth-order valence-corrected chi connectivity index (χ4v) is 4.71. The summed E-state index contributed by atoms with van der Waals surface area (Å²) in [6.07, 6.45) is 1.39. The van der Waals surface area contributed by atoms with Gasteiger partial charge in [-0.05, 0) is 61.0 Å². The zero-order valence-corrected chi connectivity index (χ0v) is 21.1. The number of carbonyl (C=O) groups is 2. The summed E-state index contributed by atoms with van der Waals surface area (Å²) in [4.78, 5) is 23.8. The summed E-state index contributed by atoms with van der Waals surface area (Å²) in [7, 11) is -2.83. The van der Waals surface area contributed by atoms with Crippen molar-refractivity contribution in [3.8, 4) is 5.75 Å². The molecule has 0 fully saturated rings. The summed E-state index contributed by atoms with van der Waals surface area (Å²) in [5, 5.41) is 4.08. The average Bonchev–Trinajstić information content (AvgIpc) is 2.87. The predicted molar refractivity (Wildman–Crippen MR) is 137 cm³/mol. The molecule has 0 spiro atoms. The molecule has 3 aromatic carbocycles. The molecule has 0 unspecified atom stereocenters. The van der Waals surface area contributed by atoms with Crippen LogP contribution < -0.4 is 14.5 Å². The molecule has 0 atom stereocenters. The topological polar surface area (TPSA) is 114 Å². The van der Waals surface area contributed by atoms with Crippen molar-refractivity contribution in [1.29, 1.82) is 0 Å². The van der Waals surface area contributed by atoms with Gasteiger partial charge in [-0.2, -0.15) is 5.10 Å². The number of methoxy groups -OCH3 is 1. The zero-order valence-electron chi connectivity index (χ0n) is 19.5. The molecule has 0 heterocycles. The van der Waals surface area contributed by atoms with Gasteiger partial charge in [0.2, 0.25) is 0 Å². The predicted octanol–water partition coefficient (Wildman–Crippen LogP) is 3.55. The number of anilines is 1. The van der Waals surface area contributed by atoms with Crippen LogP contribution in [0.15, 0.2) is 82.8 Å². The maximum atomic E-state index is 13.4. The number of halogens is 1. The van der Waals surface area contributed by atoms with Crippen LogP contribution in [0, 0.1) is 6.92 Å². The number of carbonyl (C=O) groups excluding carboxylic acids is 2. The molecule has 0 saturated carbocycles. The van der Waals surface area contributed by atoms with Crippen LogP contribution in [0.5, 0.6) is 5.75 Å². The molecule has 9 nitrogen and oxygen atoms in total. The molecule has 0 radical (unpaired) electrons. The Morgan fingerprint density at radius 2 is 1.69 bits per heavy atom. The molecule has 11 heteroatoms. The first-order valence-electron chi connectivity index (χ1n) is 10.7. The van der Waals surface area contributed by atoms with E-state index in [-0.39, 0.29) is 22.2 Å². The summed E-state index contributed by atoms with van der Waals surface area (Å²) in [5.74, 6) is -0.711. The van der Waals surface area contributed by atoms with Crippen molar-refractivity contribution in [1.82, 2.24) is 5.43 Å². The van der Waals surface area contributed by atoms with Gasteiger partial charge in [0, 0.05) is 0 Å². The van der Waals surface area contributed by atoms with Crippen LogP contribution in [-0.4, -0.2) is 46.8 Å². The number of hydrogen-bond acceptors (Lipinski definition) is 7. The highest BCUT2D eigenvalue weighted by Gasteiger charge is 2.28. The summed E-state index contributed by atoms with van der Waals surface area (Å²) < 4.78 is 37.5. The van der Waals surface area contributed by atoms with Crippen molar-refractivity contribution in [3.05, 3.63) is 88.9 Å². The standard InChI is InChI=1S/C25H24ClN3O6S/c1-18-7-13-21(14-8-18)36(32,33)29(23-6-4-3-5-22(23)26)16-24(30)28-27-15-19-9-11-20(12-10-19)35-17-25(31)34-2/h3-15H,16-17H2,1-2H3,(H,28,30)/b27-15-. The Balaban J connectivity index is 1.72. The number of para-hydroxylation sites is 1. The number of hydrazone groups is 1. The summed E-state index contributed by atoms with van der Waals surface area (Å²) in [6, 6.07) is 19.2. The number of sulfonamides is 1. The van der Waals surface area contributed by atoms with Crippen LogP contribution in [0.4, 0.5) is 5.69 Å². The Morgan fingerprint density at radius 3 is 2.33 bits per heavy atom. The molecule has 3 rings (SSSR count). The van der Waals surface area contributed by atoms with Gasteiger partial charge >= 0.3 is 5.97 Å². The molecule has 3 aromatic rings. The van der Waals surface area contributed by atoms with E-state index in [0.717, 1.165) is 9.87 Å². The summed E-state index contributed by atoms with van der Waals surface area (Å²) in [6.45, 7) is 1.08. The first-order valence-corrected chi connectivity index (χ1v) is 12.5. The second-order valence-electron chi connectivity index (χ2n) is 7.50. The largest absolute Gasteiger partial charge is 0.482 e. The minimum Gasteiger partial charge on any atom is -0.482 e. The molecular formula is C25H24ClN3O6S. The minimum atomic E-state index is -4.09. The second kappa shape index (κ2) is 12.2. The van der Waals surface area contributed by atoms with Gasteiger partial charge in [0.05, 0.1) is 28.9 Å². The Kier molecular flexibility index (Phi) is 9.04. The molecule has 1 amide bonds. The van der Waals surface area contributed by atoms with Gasteiger partial charge < -0.3 is 9.47 Å². The fourth-order valence-electron chi connectivity index (χ4n) is 2.99. The number of aryl methyl sites for hydroxylation is 1. The molecule has 0 aliphatic rings. The number of benzene rings is 3. The van der Waals surface area contributed by atoms with Crippen LogP contribution in [0.3, 0.4) is 0 Å². The number of amides is 1. The normalized spacial score (nSPS) is 11.2. The van der Waals surface area contributed by atoms with Crippen molar-refractivity contribution in [2.45, 2.75) is 11.8 Å². The summed E-state index contributed by atoms with van der Waals surface area (Å²) in [5.41, 5.74) is 4.03. The summed E-state index contributed by atoms with van der Waals surface area (Å²) >= 11 is 6.26. The lowest BCUT2D eigenvalue weighted by Crippen LogP contribution is -2.39. The number of ether oxygens (including phenoxy) is 2. The maximum absolute atomic E-state index is 13.4. The SMILES string of the molecule is COC(=O)COc1ccc(/C=N\NC(=O)CN(c2ccccc2Cl)S(=O)(=O)c2ccc(C)cc2)cc1. The van der Waals surface area contributed by atoms with Crippen LogP contribution in [-0.2, 0) is 24.3 Å². The smallest absolute Gasteiger partial charge is 0.343 e. The number of nitrogens with one attached hydrogen (secondary N) is 1. The third-order valence-corrected chi connectivity index (χ3v) is 6.98. The van der Waals surface area contributed by atoms with Crippen molar-refractivity contribution < 1.29 is 27.5 Å². The van der Waals surface area contributed by atoms with Gasteiger partial charge in [0.25, 0.3) is 15.9 Å². The maximum Gasteiger partial charge on any atom is 0.343 e. The Bertz CT molecular complexity index is 1340. The van der Waals surface area contributed by atoms with Gasteiger partial charge in [0.1, 0.15) is 12.3 Å². The highest BCUT2D eigenvalue weighted by atomic mass is 35.5. The van der Waals surface area contributed by atoms with Gasteiger partial charge in [-0.25, -0.2) is 18.6 Å². The second-order valence-corrected chi connectivity index (χ2v) is 9.77. The molecule has 0 aliphatic carbocycles. The average molecular weight is 530 g/mol. The number of hydrogen-bond donors (Lipinski definition) is 1. The number of rotatable bonds is 10. The molecule has 0 bridgehead atoms. The Morgan fingerprint density at radius 1 is 1.03 bits per heavy atom. The van der Waals surface area contributed by atoms with Gasteiger partial charge in [-0.1, -0.05) is 41.4 Å². The fraction of sp³-hybridized carbons (Fsp3) is 0.160. The molecule has 0 aliphatic heterocycles. The van der Waals surface area contributed by atoms with E-state index in [1.165, 1.54) is 31.5 Å². The lowest BCUT2D eigenvalue weighted by atomic mass is 10.2. The molecule has 188 valence electrons. The highest BCUT2D eigenvalue weighted by Crippen LogP contribution is 2.30. The molecule has 0 saturated heterocycles. The monoisotopic (exact) mass is 529 g/mol. The van der Waals surface area contributed by atoms with Crippen LogP contribution in [0.1, 0.15) is 11.1 Å². The molecule has 1 N–H and O–H groups in total. The lowest BCUT2D eigenvalue weighted by molar-refractivity contribution is -0.142. The molecule has 36 heavy (non-hydrogen) atoms. The highest BCUT2D eigenvalue weighted by molar-refractivity contribution is 7.92. The Labute approximate surface area is 214 Å². The van der Waals surface area contributed by atoms with Crippen LogP contribution >= 0.6 is 11.6 Å². The van der Waals surface area contributed by atoms with Crippen LogP contribution in [0.2, 0.25) is 5.02 Å². The van der Waals surface area contributed by atoms with E-state index in [4.69, 9.17) is 16.3 Å². The van der Waals surface area contributed by atoms with E-state index < -0.39 is 28.4 Å². The molecule has 0 aromatic heterocycles. The van der Waals surface area contributed by atoms with Crippen molar-refractivity contribution in [2.75, 3.05) is 24.6 Å².